The fraction of sp³-hybridized carbons (Fsp3) is 0.364. The molecule has 2 saturated heterocycles. The maximum Gasteiger partial charge on any atom is 0.256 e. The van der Waals surface area contributed by atoms with Crippen LogP contribution in [-0.4, -0.2) is 73.9 Å². The van der Waals surface area contributed by atoms with Crippen molar-refractivity contribution in [3.8, 4) is 5.75 Å². The Kier molecular flexibility index (Phi) is 8.87. The predicted molar refractivity (Wildman–Crippen MR) is 161 cm³/mol. The van der Waals surface area contributed by atoms with Gasteiger partial charge in [-0.3, -0.25) is 14.4 Å². The summed E-state index contributed by atoms with van der Waals surface area (Å²) in [6.45, 7) is 6.06. The van der Waals surface area contributed by atoms with E-state index in [1.54, 1.807) is 37.4 Å². The molecule has 8 nitrogen and oxygen atoms in total. The van der Waals surface area contributed by atoms with Crippen LogP contribution in [-0.2, 0) is 0 Å². The van der Waals surface area contributed by atoms with Gasteiger partial charge in [0.15, 0.2) is 0 Å². The number of nitrogens with one attached hydrogen (secondary N) is 1. The highest BCUT2D eigenvalue weighted by atomic mass is 16.5. The van der Waals surface area contributed by atoms with Crippen LogP contribution in [0.2, 0.25) is 0 Å². The molecular weight excluding hydrogens is 516 g/mol. The van der Waals surface area contributed by atoms with Gasteiger partial charge in [-0.15, -0.1) is 0 Å². The number of aryl methyl sites for hydroxylation is 1. The van der Waals surface area contributed by atoms with E-state index >= 15 is 0 Å². The van der Waals surface area contributed by atoms with Gasteiger partial charge >= 0.3 is 0 Å². The lowest BCUT2D eigenvalue weighted by molar-refractivity contribution is 0.0723. The first-order valence-corrected chi connectivity index (χ1v) is 14.4. The zero-order valence-electron chi connectivity index (χ0n) is 23.9. The van der Waals surface area contributed by atoms with Gasteiger partial charge in [0.2, 0.25) is 0 Å². The molecule has 0 aromatic heterocycles. The number of piperidine rings is 1. The van der Waals surface area contributed by atoms with Crippen molar-refractivity contribution in [2.75, 3.05) is 56.6 Å². The topological polar surface area (TPSA) is 82.2 Å². The lowest BCUT2D eigenvalue weighted by atomic mass is 10.1. The van der Waals surface area contributed by atoms with Gasteiger partial charge in [0, 0.05) is 61.8 Å². The van der Waals surface area contributed by atoms with Crippen LogP contribution in [0.3, 0.4) is 0 Å². The Morgan fingerprint density at radius 1 is 0.683 bits per heavy atom. The minimum Gasteiger partial charge on any atom is -0.497 e. The van der Waals surface area contributed by atoms with Crippen LogP contribution in [0.1, 0.15) is 62.3 Å². The number of ether oxygens (including phenoxy) is 1. The standard InChI is InChI=1S/C33H38N4O4/c1-24-7-9-26(10-8-24)32(39)37-20-6-19-35(21-22-37)30-16-13-27(23-29(30)33(40)36-17-4-3-5-18-36)34-31(38)25-11-14-28(41-2)15-12-25/h7-16,23H,3-6,17-22H2,1-2H3,(H,34,38). The molecule has 0 unspecified atom stereocenters. The molecule has 0 spiro atoms. The quantitative estimate of drug-likeness (QED) is 0.451. The third-order valence-electron chi connectivity index (χ3n) is 7.90. The summed E-state index contributed by atoms with van der Waals surface area (Å²) in [5.41, 5.74) is 4.32. The van der Waals surface area contributed by atoms with Crippen molar-refractivity contribution >= 4 is 29.1 Å². The van der Waals surface area contributed by atoms with E-state index in [9.17, 15) is 14.4 Å². The molecule has 0 saturated carbocycles. The second kappa shape index (κ2) is 12.9. The zero-order chi connectivity index (χ0) is 28.8. The summed E-state index contributed by atoms with van der Waals surface area (Å²) in [7, 11) is 1.58. The van der Waals surface area contributed by atoms with E-state index in [0.29, 0.717) is 47.8 Å². The number of likely N-dealkylation sites (tertiary alicyclic amines) is 1. The van der Waals surface area contributed by atoms with Crippen molar-refractivity contribution in [1.82, 2.24) is 9.80 Å². The van der Waals surface area contributed by atoms with E-state index in [1.807, 2.05) is 53.1 Å². The second-order valence-corrected chi connectivity index (χ2v) is 10.8. The van der Waals surface area contributed by atoms with E-state index < -0.39 is 0 Å². The Balaban J connectivity index is 1.37. The van der Waals surface area contributed by atoms with Gasteiger partial charge in [-0.05, 0) is 87.2 Å². The van der Waals surface area contributed by atoms with Crippen LogP contribution in [0.5, 0.6) is 5.75 Å². The number of hydrogen-bond acceptors (Lipinski definition) is 5. The van der Waals surface area contributed by atoms with Crippen molar-refractivity contribution in [2.24, 2.45) is 0 Å². The van der Waals surface area contributed by atoms with E-state index in [2.05, 4.69) is 10.2 Å². The molecular formula is C33H38N4O4. The minimum atomic E-state index is -0.253. The molecule has 0 aliphatic carbocycles. The number of rotatable bonds is 6. The van der Waals surface area contributed by atoms with Crippen LogP contribution in [0.15, 0.2) is 66.7 Å². The van der Waals surface area contributed by atoms with Crippen LogP contribution in [0.4, 0.5) is 11.4 Å². The molecule has 2 aliphatic heterocycles. The minimum absolute atomic E-state index is 0.0166. The average Bonchev–Trinajstić information content (AvgIpc) is 3.27. The molecule has 3 aromatic rings. The molecule has 1 N–H and O–H groups in total. The average molecular weight is 555 g/mol. The highest BCUT2D eigenvalue weighted by Gasteiger charge is 2.26. The summed E-state index contributed by atoms with van der Waals surface area (Å²) >= 11 is 0. The number of nitrogens with zero attached hydrogens (tertiary/aromatic N) is 3. The molecule has 41 heavy (non-hydrogen) atoms. The lowest BCUT2D eigenvalue weighted by Gasteiger charge is -2.30. The van der Waals surface area contributed by atoms with Crippen molar-refractivity contribution in [2.45, 2.75) is 32.6 Å². The van der Waals surface area contributed by atoms with Crippen molar-refractivity contribution < 1.29 is 19.1 Å². The third-order valence-corrected chi connectivity index (χ3v) is 7.90. The van der Waals surface area contributed by atoms with Crippen LogP contribution < -0.4 is 15.0 Å². The Labute approximate surface area is 241 Å². The number of anilines is 2. The predicted octanol–water partition coefficient (Wildman–Crippen LogP) is 5.23. The molecule has 0 bridgehead atoms. The SMILES string of the molecule is COc1ccc(C(=O)Nc2ccc(N3CCCN(C(=O)c4ccc(C)cc4)CC3)c(C(=O)N3CCCCC3)c2)cc1. The van der Waals surface area contributed by atoms with Gasteiger partial charge in [0.25, 0.3) is 17.7 Å². The first kappa shape index (κ1) is 28.2. The largest absolute Gasteiger partial charge is 0.497 e. The fourth-order valence-electron chi connectivity index (χ4n) is 5.51. The summed E-state index contributed by atoms with van der Waals surface area (Å²) in [4.78, 5) is 46.0. The zero-order valence-corrected chi connectivity index (χ0v) is 23.9. The number of carbonyl (C=O) groups is 3. The molecule has 8 heteroatoms. The Hall–Kier alpha value is -4.33. The molecule has 3 amide bonds. The summed E-state index contributed by atoms with van der Waals surface area (Å²) in [5, 5.41) is 2.96. The molecule has 5 rings (SSSR count). The highest BCUT2D eigenvalue weighted by Crippen LogP contribution is 2.29. The molecule has 3 aromatic carbocycles. The van der Waals surface area contributed by atoms with Gasteiger partial charge in [-0.25, -0.2) is 0 Å². The Morgan fingerprint density at radius 3 is 2.05 bits per heavy atom. The Bertz CT molecular complexity index is 1380. The van der Waals surface area contributed by atoms with Crippen LogP contribution in [0, 0.1) is 6.92 Å². The smallest absolute Gasteiger partial charge is 0.256 e. The molecule has 2 heterocycles. The first-order valence-electron chi connectivity index (χ1n) is 14.4. The number of hydrogen-bond donors (Lipinski definition) is 1. The monoisotopic (exact) mass is 554 g/mol. The number of methoxy groups -OCH3 is 1. The van der Waals surface area contributed by atoms with E-state index in [-0.39, 0.29) is 17.7 Å². The normalized spacial score (nSPS) is 15.7. The van der Waals surface area contributed by atoms with Crippen LogP contribution >= 0.6 is 0 Å². The highest BCUT2D eigenvalue weighted by molar-refractivity contribution is 6.06. The third kappa shape index (κ3) is 6.70. The van der Waals surface area contributed by atoms with Gasteiger partial charge in [0.05, 0.1) is 12.7 Å². The van der Waals surface area contributed by atoms with E-state index in [1.165, 1.54) is 0 Å². The fourth-order valence-corrected chi connectivity index (χ4v) is 5.51. The summed E-state index contributed by atoms with van der Waals surface area (Å²) in [6, 6.07) is 20.2. The van der Waals surface area contributed by atoms with Crippen LogP contribution in [0.25, 0.3) is 0 Å². The van der Waals surface area contributed by atoms with Crippen molar-refractivity contribution in [1.29, 1.82) is 0 Å². The number of carbonyl (C=O) groups excluding carboxylic acids is 3. The maximum absolute atomic E-state index is 13.8. The van der Waals surface area contributed by atoms with Gasteiger partial charge in [0.1, 0.15) is 5.75 Å². The van der Waals surface area contributed by atoms with Crippen molar-refractivity contribution in [3.63, 3.8) is 0 Å². The molecule has 214 valence electrons. The molecule has 2 fully saturated rings. The van der Waals surface area contributed by atoms with Gasteiger partial charge < -0.3 is 24.8 Å². The summed E-state index contributed by atoms with van der Waals surface area (Å²) < 4.78 is 5.19. The summed E-state index contributed by atoms with van der Waals surface area (Å²) in [5.74, 6) is 0.443. The van der Waals surface area contributed by atoms with Crippen molar-refractivity contribution in [3.05, 3.63) is 89.0 Å². The van der Waals surface area contributed by atoms with Gasteiger partial charge in [-0.2, -0.15) is 0 Å². The molecule has 0 atom stereocenters. The molecule has 0 radical (unpaired) electrons. The summed E-state index contributed by atoms with van der Waals surface area (Å²) in [6.07, 6.45) is 3.92. The number of amides is 3. The first-order chi connectivity index (χ1) is 19.9. The van der Waals surface area contributed by atoms with E-state index in [4.69, 9.17) is 4.74 Å². The lowest BCUT2D eigenvalue weighted by Crippen LogP contribution is -2.38. The second-order valence-electron chi connectivity index (χ2n) is 10.8. The molecule has 2 aliphatic rings. The van der Waals surface area contributed by atoms with E-state index in [0.717, 1.165) is 56.6 Å². The Morgan fingerprint density at radius 2 is 1.34 bits per heavy atom. The number of benzene rings is 3. The van der Waals surface area contributed by atoms with Gasteiger partial charge in [-0.1, -0.05) is 17.7 Å². The maximum atomic E-state index is 13.8.